The second-order valence-electron chi connectivity index (χ2n) is 6.62. The summed E-state index contributed by atoms with van der Waals surface area (Å²) in [5.41, 5.74) is -0.670. The molecule has 0 aliphatic rings. The fourth-order valence-electron chi connectivity index (χ4n) is 1.92. The number of esters is 1. The van der Waals surface area contributed by atoms with E-state index in [0.29, 0.717) is 0 Å². The van der Waals surface area contributed by atoms with Crippen LogP contribution in [0.15, 0.2) is 18.2 Å². The van der Waals surface area contributed by atoms with Crippen LogP contribution in [-0.4, -0.2) is 55.1 Å². The zero-order chi connectivity index (χ0) is 21.3. The van der Waals surface area contributed by atoms with E-state index in [-0.39, 0.29) is 29.6 Å². The van der Waals surface area contributed by atoms with Gasteiger partial charge >= 0.3 is 11.7 Å². The highest BCUT2D eigenvalue weighted by Crippen LogP contribution is 2.30. The minimum absolute atomic E-state index is 0.0243. The van der Waals surface area contributed by atoms with Crippen molar-refractivity contribution < 1.29 is 33.5 Å². The minimum Gasteiger partial charge on any atom is -0.490 e. The van der Waals surface area contributed by atoms with Crippen LogP contribution in [0.2, 0.25) is 0 Å². The molecule has 1 aromatic carbocycles. The molecule has 11 nitrogen and oxygen atoms in total. The molecule has 0 atom stereocenters. The summed E-state index contributed by atoms with van der Waals surface area (Å²) < 4.78 is 14.8. The number of nitrogens with zero attached hydrogens (tertiary/aromatic N) is 1. The average molecular weight is 397 g/mol. The second-order valence-corrected chi connectivity index (χ2v) is 6.62. The number of hydrogen-bond donors (Lipinski definition) is 2. The highest BCUT2D eigenvalue weighted by molar-refractivity contribution is 5.86. The van der Waals surface area contributed by atoms with Gasteiger partial charge in [0, 0.05) is 17.7 Å². The maximum absolute atomic E-state index is 11.6. The number of nitro groups is 1. The summed E-state index contributed by atoms with van der Waals surface area (Å²) in [7, 11) is 1.26. The maximum atomic E-state index is 11.6. The topological polar surface area (TPSA) is 146 Å². The molecular weight excluding hydrogens is 374 g/mol. The number of nitro benzene ring substituents is 1. The van der Waals surface area contributed by atoms with Gasteiger partial charge in [0.15, 0.2) is 13.2 Å². The summed E-state index contributed by atoms with van der Waals surface area (Å²) >= 11 is 0. The largest absolute Gasteiger partial charge is 0.490 e. The molecule has 0 spiro atoms. The SMILES string of the molecule is COc1cc(OCC(=O)OCC(=O)NCC(=O)NC(C)(C)C)ccc1[N+](=O)[O-]. The molecule has 2 N–H and O–H groups in total. The van der Waals surface area contributed by atoms with Crippen LogP contribution in [0.1, 0.15) is 20.8 Å². The van der Waals surface area contributed by atoms with Crippen LogP contribution in [0.3, 0.4) is 0 Å². The lowest BCUT2D eigenvalue weighted by Crippen LogP contribution is -2.46. The third-order valence-corrected chi connectivity index (χ3v) is 3.03. The average Bonchev–Trinajstić information content (AvgIpc) is 2.61. The third-order valence-electron chi connectivity index (χ3n) is 3.03. The first-order valence-electron chi connectivity index (χ1n) is 8.20. The molecule has 0 heterocycles. The van der Waals surface area contributed by atoms with E-state index in [4.69, 9.17) is 14.2 Å². The van der Waals surface area contributed by atoms with Crippen LogP contribution >= 0.6 is 0 Å². The van der Waals surface area contributed by atoms with Crippen LogP contribution in [0, 0.1) is 10.1 Å². The highest BCUT2D eigenvalue weighted by atomic mass is 16.6. The number of amides is 2. The number of ether oxygens (including phenoxy) is 3. The summed E-state index contributed by atoms with van der Waals surface area (Å²) in [6.45, 7) is 4.07. The molecule has 0 unspecified atom stereocenters. The molecule has 0 saturated carbocycles. The number of methoxy groups -OCH3 is 1. The van der Waals surface area contributed by atoms with Gasteiger partial charge in [0.1, 0.15) is 5.75 Å². The molecule has 2 amide bonds. The van der Waals surface area contributed by atoms with Crippen LogP contribution in [0.5, 0.6) is 11.5 Å². The molecule has 0 saturated heterocycles. The number of nitrogens with one attached hydrogen (secondary N) is 2. The fraction of sp³-hybridized carbons (Fsp3) is 0.471. The third kappa shape index (κ3) is 8.34. The molecule has 0 fully saturated rings. The summed E-state index contributed by atoms with van der Waals surface area (Å²) in [5, 5.41) is 15.8. The van der Waals surface area contributed by atoms with E-state index in [1.165, 1.54) is 25.3 Å². The lowest BCUT2D eigenvalue weighted by atomic mass is 10.1. The Labute approximate surface area is 161 Å². The van der Waals surface area contributed by atoms with Gasteiger partial charge in [0.2, 0.25) is 11.7 Å². The quantitative estimate of drug-likeness (QED) is 0.349. The molecule has 0 aromatic heterocycles. The first-order valence-corrected chi connectivity index (χ1v) is 8.20. The number of carbonyl (C=O) groups excluding carboxylic acids is 3. The summed E-state index contributed by atoms with van der Waals surface area (Å²) in [4.78, 5) is 45.0. The van der Waals surface area contributed by atoms with Gasteiger partial charge in [-0.05, 0) is 26.8 Å². The fourth-order valence-corrected chi connectivity index (χ4v) is 1.92. The van der Waals surface area contributed by atoms with Crippen molar-refractivity contribution in [3.05, 3.63) is 28.3 Å². The Kier molecular flexibility index (Phi) is 8.17. The predicted octanol–water partition coefficient (Wildman–Crippen LogP) is 0.556. The molecule has 0 bridgehead atoms. The molecule has 0 radical (unpaired) electrons. The molecule has 1 rings (SSSR count). The van der Waals surface area contributed by atoms with Crippen LogP contribution in [0.4, 0.5) is 5.69 Å². The van der Waals surface area contributed by atoms with Crippen molar-refractivity contribution in [2.24, 2.45) is 0 Å². The zero-order valence-corrected chi connectivity index (χ0v) is 16.1. The Hall–Kier alpha value is -3.37. The zero-order valence-electron chi connectivity index (χ0n) is 16.1. The molecule has 1 aromatic rings. The van der Waals surface area contributed by atoms with Gasteiger partial charge in [-0.1, -0.05) is 0 Å². The van der Waals surface area contributed by atoms with Gasteiger partial charge in [0.25, 0.3) is 5.91 Å². The Morgan fingerprint density at radius 2 is 1.82 bits per heavy atom. The predicted molar refractivity (Wildman–Crippen MR) is 97.0 cm³/mol. The van der Waals surface area contributed by atoms with Gasteiger partial charge in [-0.2, -0.15) is 0 Å². The summed E-state index contributed by atoms with van der Waals surface area (Å²) in [6.07, 6.45) is 0. The Morgan fingerprint density at radius 3 is 2.39 bits per heavy atom. The Bertz CT molecular complexity index is 742. The van der Waals surface area contributed by atoms with Crippen molar-refractivity contribution >= 4 is 23.5 Å². The highest BCUT2D eigenvalue weighted by Gasteiger charge is 2.17. The number of rotatable bonds is 9. The van der Waals surface area contributed by atoms with E-state index in [1.54, 1.807) is 20.8 Å². The molecule has 28 heavy (non-hydrogen) atoms. The first-order chi connectivity index (χ1) is 13.0. The number of carbonyl (C=O) groups is 3. The lowest BCUT2D eigenvalue weighted by Gasteiger charge is -2.20. The minimum atomic E-state index is -0.827. The van der Waals surface area contributed by atoms with E-state index < -0.39 is 35.6 Å². The number of benzene rings is 1. The lowest BCUT2D eigenvalue weighted by molar-refractivity contribution is -0.385. The van der Waals surface area contributed by atoms with Gasteiger partial charge in [0.05, 0.1) is 18.6 Å². The molecule has 11 heteroatoms. The van der Waals surface area contributed by atoms with E-state index in [1.807, 2.05) is 0 Å². The molecular formula is C17H23N3O8. The van der Waals surface area contributed by atoms with E-state index >= 15 is 0 Å². The maximum Gasteiger partial charge on any atom is 0.344 e. The van der Waals surface area contributed by atoms with Gasteiger partial charge in [-0.15, -0.1) is 0 Å². The van der Waals surface area contributed by atoms with E-state index in [2.05, 4.69) is 10.6 Å². The van der Waals surface area contributed by atoms with Crippen LogP contribution < -0.4 is 20.1 Å². The smallest absolute Gasteiger partial charge is 0.344 e. The van der Waals surface area contributed by atoms with Crippen molar-refractivity contribution in [1.29, 1.82) is 0 Å². The molecule has 0 aliphatic heterocycles. The van der Waals surface area contributed by atoms with Crippen molar-refractivity contribution in [3.8, 4) is 11.5 Å². The van der Waals surface area contributed by atoms with Crippen molar-refractivity contribution in [3.63, 3.8) is 0 Å². The molecule has 154 valence electrons. The second kappa shape index (κ2) is 10.1. The standard InChI is InChI=1S/C17H23N3O8/c1-17(2,3)19-14(21)8-18-15(22)9-28-16(23)10-27-11-5-6-12(20(24)25)13(7-11)26-4/h5-7H,8-10H2,1-4H3,(H,18,22)(H,19,21). The van der Waals surface area contributed by atoms with Crippen molar-refractivity contribution in [2.75, 3.05) is 26.9 Å². The van der Waals surface area contributed by atoms with Gasteiger partial charge in [-0.25, -0.2) is 4.79 Å². The molecule has 0 aliphatic carbocycles. The van der Waals surface area contributed by atoms with Gasteiger partial charge < -0.3 is 24.8 Å². The normalized spacial score (nSPS) is 10.6. The first kappa shape index (κ1) is 22.7. The van der Waals surface area contributed by atoms with Crippen LogP contribution in [0.25, 0.3) is 0 Å². The Morgan fingerprint density at radius 1 is 1.14 bits per heavy atom. The van der Waals surface area contributed by atoms with E-state index in [0.717, 1.165) is 0 Å². The van der Waals surface area contributed by atoms with Gasteiger partial charge in [-0.3, -0.25) is 19.7 Å². The summed E-state index contributed by atoms with van der Waals surface area (Å²) in [6, 6.07) is 3.73. The van der Waals surface area contributed by atoms with Crippen LogP contribution in [-0.2, 0) is 19.1 Å². The number of hydrogen-bond acceptors (Lipinski definition) is 8. The summed E-state index contributed by atoms with van der Waals surface area (Å²) in [5.74, 6) is -1.71. The Balaban J connectivity index is 2.38. The van der Waals surface area contributed by atoms with E-state index in [9.17, 15) is 24.5 Å². The monoisotopic (exact) mass is 397 g/mol. The van der Waals surface area contributed by atoms with Crippen molar-refractivity contribution in [2.45, 2.75) is 26.3 Å². The van der Waals surface area contributed by atoms with Crippen molar-refractivity contribution in [1.82, 2.24) is 10.6 Å².